The van der Waals surface area contributed by atoms with Gasteiger partial charge in [0.25, 0.3) is 0 Å². The Bertz CT molecular complexity index is 490. The van der Waals surface area contributed by atoms with Gasteiger partial charge in [0.2, 0.25) is 11.8 Å². The Morgan fingerprint density at radius 3 is 2.38 bits per heavy atom. The molecule has 0 bridgehead atoms. The van der Waals surface area contributed by atoms with E-state index in [1.54, 1.807) is 16.7 Å². The largest absolute Gasteiger partial charge is 0.341 e. The van der Waals surface area contributed by atoms with Crippen molar-refractivity contribution in [2.75, 3.05) is 26.2 Å². The van der Waals surface area contributed by atoms with Crippen LogP contribution in [0.15, 0.2) is 30.3 Å². The fourth-order valence-corrected chi connectivity index (χ4v) is 2.64. The summed E-state index contributed by atoms with van der Waals surface area (Å²) >= 11 is 0. The molecular weight excluding hydrogens is 266 g/mol. The van der Waals surface area contributed by atoms with Crippen molar-refractivity contribution in [3.8, 4) is 0 Å². The molecule has 1 saturated heterocycles. The van der Waals surface area contributed by atoms with Crippen LogP contribution in [0.5, 0.6) is 0 Å². The molecule has 1 aromatic rings. The van der Waals surface area contributed by atoms with Crippen LogP contribution in [0.4, 0.5) is 0 Å². The maximum Gasteiger partial charge on any atom is 0.239 e. The average Bonchev–Trinajstić information content (AvgIpc) is 2.73. The van der Waals surface area contributed by atoms with Crippen molar-refractivity contribution in [2.45, 2.75) is 25.8 Å². The van der Waals surface area contributed by atoms with Gasteiger partial charge >= 0.3 is 0 Å². The van der Waals surface area contributed by atoms with Gasteiger partial charge in [0.1, 0.15) is 0 Å². The van der Waals surface area contributed by atoms with Gasteiger partial charge in [-0.1, -0.05) is 30.3 Å². The highest BCUT2D eigenvalue weighted by molar-refractivity contribution is 5.82. The normalized spacial score (nSPS) is 17.2. The van der Waals surface area contributed by atoms with Crippen LogP contribution in [0.2, 0.25) is 0 Å². The number of amides is 2. The molecule has 5 heteroatoms. The van der Waals surface area contributed by atoms with Crippen molar-refractivity contribution < 1.29 is 9.59 Å². The SMILES string of the molecule is CC(=O)N1CCCN(C(=O)[C@H](N)Cc2ccccc2)CC1. The summed E-state index contributed by atoms with van der Waals surface area (Å²) in [5, 5.41) is 0. The molecule has 1 aliphatic rings. The van der Waals surface area contributed by atoms with E-state index in [1.807, 2.05) is 30.3 Å². The molecule has 0 unspecified atom stereocenters. The van der Waals surface area contributed by atoms with Crippen LogP contribution in [0.1, 0.15) is 18.9 Å². The zero-order chi connectivity index (χ0) is 15.2. The first kappa shape index (κ1) is 15.5. The van der Waals surface area contributed by atoms with E-state index in [0.717, 1.165) is 12.0 Å². The fraction of sp³-hybridized carbons (Fsp3) is 0.500. The Morgan fingerprint density at radius 2 is 1.71 bits per heavy atom. The minimum absolute atomic E-state index is 0.0238. The lowest BCUT2D eigenvalue weighted by molar-refractivity contribution is -0.133. The quantitative estimate of drug-likeness (QED) is 0.888. The third-order valence-corrected chi connectivity index (χ3v) is 3.87. The molecule has 2 amide bonds. The molecule has 21 heavy (non-hydrogen) atoms. The number of hydrogen-bond donors (Lipinski definition) is 1. The van der Waals surface area contributed by atoms with Crippen LogP contribution in [0.3, 0.4) is 0 Å². The summed E-state index contributed by atoms with van der Waals surface area (Å²) in [6.07, 6.45) is 1.36. The van der Waals surface area contributed by atoms with Crippen LogP contribution in [0, 0.1) is 0 Å². The lowest BCUT2D eigenvalue weighted by Crippen LogP contribution is -2.46. The molecule has 0 saturated carbocycles. The fourth-order valence-electron chi connectivity index (χ4n) is 2.64. The molecule has 2 N–H and O–H groups in total. The monoisotopic (exact) mass is 289 g/mol. The number of nitrogens with two attached hydrogens (primary N) is 1. The minimum atomic E-state index is -0.517. The number of hydrogen-bond acceptors (Lipinski definition) is 3. The molecule has 5 nitrogen and oxygen atoms in total. The van der Waals surface area contributed by atoms with Crippen molar-refractivity contribution in [3.05, 3.63) is 35.9 Å². The van der Waals surface area contributed by atoms with E-state index in [4.69, 9.17) is 5.73 Å². The Kier molecular flexibility index (Phi) is 5.33. The summed E-state index contributed by atoms with van der Waals surface area (Å²) in [5.41, 5.74) is 7.12. The molecule has 1 atom stereocenters. The number of benzene rings is 1. The zero-order valence-electron chi connectivity index (χ0n) is 12.5. The van der Waals surface area contributed by atoms with Crippen molar-refractivity contribution in [2.24, 2.45) is 5.73 Å². The van der Waals surface area contributed by atoms with Crippen molar-refractivity contribution in [1.29, 1.82) is 0 Å². The average molecular weight is 289 g/mol. The number of rotatable bonds is 3. The second kappa shape index (κ2) is 7.22. The van der Waals surface area contributed by atoms with E-state index in [9.17, 15) is 9.59 Å². The molecule has 0 aromatic heterocycles. The van der Waals surface area contributed by atoms with E-state index in [0.29, 0.717) is 32.6 Å². The smallest absolute Gasteiger partial charge is 0.239 e. The Morgan fingerprint density at radius 1 is 1.10 bits per heavy atom. The van der Waals surface area contributed by atoms with Gasteiger partial charge in [0, 0.05) is 33.1 Å². The van der Waals surface area contributed by atoms with Crippen molar-refractivity contribution in [3.63, 3.8) is 0 Å². The Hall–Kier alpha value is -1.88. The molecule has 114 valence electrons. The second-order valence-corrected chi connectivity index (χ2v) is 5.48. The highest BCUT2D eigenvalue weighted by atomic mass is 16.2. The molecule has 2 rings (SSSR count). The summed E-state index contributed by atoms with van der Waals surface area (Å²) in [4.78, 5) is 27.4. The minimum Gasteiger partial charge on any atom is -0.341 e. The first-order chi connectivity index (χ1) is 10.1. The predicted molar refractivity (Wildman–Crippen MR) is 81.6 cm³/mol. The first-order valence-electron chi connectivity index (χ1n) is 7.41. The summed E-state index contributed by atoms with van der Waals surface area (Å²) in [6.45, 7) is 4.12. The van der Waals surface area contributed by atoms with E-state index in [1.165, 1.54) is 0 Å². The molecule has 0 aliphatic carbocycles. The molecule has 0 radical (unpaired) electrons. The molecule has 1 aliphatic heterocycles. The van der Waals surface area contributed by atoms with E-state index >= 15 is 0 Å². The Labute approximate surface area is 125 Å². The predicted octanol–water partition coefficient (Wildman–Crippen LogP) is 0.637. The summed E-state index contributed by atoms with van der Waals surface area (Å²) in [6, 6.07) is 9.28. The number of carbonyl (C=O) groups is 2. The molecule has 0 spiro atoms. The van der Waals surface area contributed by atoms with Gasteiger partial charge in [0.15, 0.2) is 0 Å². The molecule has 1 heterocycles. The summed E-state index contributed by atoms with van der Waals surface area (Å²) in [7, 11) is 0. The lowest BCUT2D eigenvalue weighted by atomic mass is 10.1. The van der Waals surface area contributed by atoms with Gasteiger partial charge in [-0.2, -0.15) is 0 Å². The highest BCUT2D eigenvalue weighted by Crippen LogP contribution is 2.08. The second-order valence-electron chi connectivity index (χ2n) is 5.48. The topological polar surface area (TPSA) is 66.6 Å². The number of carbonyl (C=O) groups excluding carboxylic acids is 2. The number of nitrogens with zero attached hydrogens (tertiary/aromatic N) is 2. The summed E-state index contributed by atoms with van der Waals surface area (Å²) in [5.74, 6) is 0.0436. The van der Waals surface area contributed by atoms with Gasteiger partial charge in [-0.25, -0.2) is 0 Å². The van der Waals surface area contributed by atoms with Crippen molar-refractivity contribution in [1.82, 2.24) is 9.80 Å². The third-order valence-electron chi connectivity index (χ3n) is 3.87. The maximum atomic E-state index is 12.4. The van der Waals surface area contributed by atoms with Gasteiger partial charge in [0.05, 0.1) is 6.04 Å². The summed E-state index contributed by atoms with van der Waals surface area (Å²) < 4.78 is 0. The standard InChI is InChI=1S/C16H23N3O2/c1-13(20)18-8-5-9-19(11-10-18)16(21)15(17)12-14-6-3-2-4-7-14/h2-4,6-7,15H,5,8-12,17H2,1H3/t15-/m1/s1. The van der Waals surface area contributed by atoms with Gasteiger partial charge < -0.3 is 15.5 Å². The van der Waals surface area contributed by atoms with Crippen LogP contribution in [-0.2, 0) is 16.0 Å². The Balaban J connectivity index is 1.91. The van der Waals surface area contributed by atoms with E-state index < -0.39 is 6.04 Å². The zero-order valence-corrected chi connectivity index (χ0v) is 12.5. The van der Waals surface area contributed by atoms with E-state index in [2.05, 4.69) is 0 Å². The molecular formula is C16H23N3O2. The van der Waals surface area contributed by atoms with Crippen molar-refractivity contribution >= 4 is 11.8 Å². The van der Waals surface area contributed by atoms with E-state index in [-0.39, 0.29) is 11.8 Å². The first-order valence-corrected chi connectivity index (χ1v) is 7.41. The van der Waals surface area contributed by atoms with Crippen LogP contribution in [-0.4, -0.2) is 53.8 Å². The van der Waals surface area contributed by atoms with Crippen LogP contribution >= 0.6 is 0 Å². The molecule has 1 fully saturated rings. The van der Waals surface area contributed by atoms with Crippen LogP contribution in [0.25, 0.3) is 0 Å². The van der Waals surface area contributed by atoms with Gasteiger partial charge in [-0.3, -0.25) is 9.59 Å². The maximum absolute atomic E-state index is 12.4. The van der Waals surface area contributed by atoms with Gasteiger partial charge in [-0.15, -0.1) is 0 Å². The van der Waals surface area contributed by atoms with Gasteiger partial charge in [-0.05, 0) is 18.4 Å². The molecule has 1 aromatic carbocycles. The van der Waals surface area contributed by atoms with Crippen LogP contribution < -0.4 is 5.73 Å². The highest BCUT2D eigenvalue weighted by Gasteiger charge is 2.24. The lowest BCUT2D eigenvalue weighted by Gasteiger charge is -2.24. The third kappa shape index (κ3) is 4.29.